The molecule has 3 aliphatic rings. The van der Waals surface area contributed by atoms with Crippen molar-refractivity contribution in [2.24, 2.45) is 5.41 Å². The van der Waals surface area contributed by atoms with Gasteiger partial charge in [-0.2, -0.15) is 4.98 Å². The van der Waals surface area contributed by atoms with Crippen LogP contribution in [0.4, 0.5) is 0 Å². The molecule has 0 aliphatic heterocycles. The normalized spacial score (nSPS) is 31.9. The van der Waals surface area contributed by atoms with E-state index in [1.165, 1.54) is 51.4 Å². The van der Waals surface area contributed by atoms with Gasteiger partial charge in [0.05, 0.1) is 0 Å². The molecule has 4 rings (SSSR count). The maximum Gasteiger partial charge on any atom is 0.230 e. The molecule has 0 saturated heterocycles. The molecule has 86 valence electrons. The van der Waals surface area contributed by atoms with Crippen LogP contribution in [0.2, 0.25) is 0 Å². The Labute approximate surface area is 95.6 Å². The molecule has 1 aromatic rings. The molecule has 0 bridgehead atoms. The molecular weight excluding hydrogens is 200 g/mol. The van der Waals surface area contributed by atoms with Gasteiger partial charge < -0.3 is 4.52 Å². The van der Waals surface area contributed by atoms with Gasteiger partial charge in [0.15, 0.2) is 5.82 Å². The van der Waals surface area contributed by atoms with Crippen molar-refractivity contribution in [3.63, 3.8) is 0 Å². The van der Waals surface area contributed by atoms with Crippen molar-refractivity contribution >= 4 is 0 Å². The first-order chi connectivity index (χ1) is 7.87. The fourth-order valence-electron chi connectivity index (χ4n) is 3.33. The van der Waals surface area contributed by atoms with Gasteiger partial charge in [0.25, 0.3) is 0 Å². The van der Waals surface area contributed by atoms with Gasteiger partial charge in [-0.1, -0.05) is 24.4 Å². The zero-order valence-corrected chi connectivity index (χ0v) is 9.61. The first-order valence-corrected chi connectivity index (χ1v) is 6.71. The van der Waals surface area contributed by atoms with Crippen molar-refractivity contribution in [3.8, 4) is 0 Å². The number of hydrogen-bond acceptors (Lipinski definition) is 3. The van der Waals surface area contributed by atoms with Gasteiger partial charge in [0, 0.05) is 11.8 Å². The fraction of sp³-hybridized carbons (Fsp3) is 0.846. The van der Waals surface area contributed by atoms with E-state index in [9.17, 15) is 0 Å². The smallest absolute Gasteiger partial charge is 0.230 e. The second-order valence-corrected chi connectivity index (χ2v) is 5.94. The Bertz CT molecular complexity index is 402. The van der Waals surface area contributed by atoms with Gasteiger partial charge in [-0.3, -0.25) is 0 Å². The van der Waals surface area contributed by atoms with E-state index in [4.69, 9.17) is 4.52 Å². The Morgan fingerprint density at radius 2 is 1.94 bits per heavy atom. The average Bonchev–Trinajstić information content (AvgIpc) is 3.22. The Morgan fingerprint density at radius 1 is 1.12 bits per heavy atom. The summed E-state index contributed by atoms with van der Waals surface area (Å²) >= 11 is 0. The third kappa shape index (κ3) is 1.33. The molecule has 3 saturated carbocycles. The molecule has 3 heteroatoms. The first kappa shape index (κ1) is 9.20. The van der Waals surface area contributed by atoms with Crippen LogP contribution in [0.3, 0.4) is 0 Å². The summed E-state index contributed by atoms with van der Waals surface area (Å²) in [7, 11) is 0. The van der Waals surface area contributed by atoms with Crippen molar-refractivity contribution in [3.05, 3.63) is 11.7 Å². The number of hydrogen-bond donors (Lipinski definition) is 0. The zero-order valence-electron chi connectivity index (χ0n) is 9.61. The third-order valence-corrected chi connectivity index (χ3v) is 4.81. The lowest BCUT2D eigenvalue weighted by molar-refractivity contribution is 0.355. The predicted octanol–water partition coefficient (Wildman–Crippen LogP) is 3.38. The maximum absolute atomic E-state index is 5.46. The molecule has 0 radical (unpaired) electrons. The Morgan fingerprint density at radius 3 is 2.62 bits per heavy atom. The van der Waals surface area contributed by atoms with E-state index in [0.29, 0.717) is 17.3 Å². The summed E-state index contributed by atoms with van der Waals surface area (Å²) in [6.07, 6.45) is 10.7. The quantitative estimate of drug-likeness (QED) is 0.763. The molecule has 1 aromatic heterocycles. The summed E-state index contributed by atoms with van der Waals surface area (Å²) in [4.78, 5) is 4.65. The minimum atomic E-state index is 0.583. The van der Waals surface area contributed by atoms with Crippen molar-refractivity contribution < 1.29 is 4.52 Å². The number of rotatable bonds is 2. The first-order valence-electron chi connectivity index (χ1n) is 6.71. The van der Waals surface area contributed by atoms with Crippen LogP contribution in [0.25, 0.3) is 0 Å². The third-order valence-electron chi connectivity index (χ3n) is 4.81. The van der Waals surface area contributed by atoms with E-state index in [1.54, 1.807) is 0 Å². The fourth-order valence-corrected chi connectivity index (χ4v) is 3.33. The molecule has 0 aromatic carbocycles. The van der Waals surface area contributed by atoms with Crippen LogP contribution in [0.1, 0.15) is 74.9 Å². The largest absolute Gasteiger partial charge is 0.339 e. The molecule has 3 fully saturated rings. The second-order valence-electron chi connectivity index (χ2n) is 5.94. The van der Waals surface area contributed by atoms with Crippen molar-refractivity contribution in [1.82, 2.24) is 10.1 Å². The van der Waals surface area contributed by atoms with Crippen LogP contribution in [0.5, 0.6) is 0 Å². The SMILES string of the molecule is C1CCC(c2noc(C3CC34CC4)n2)CC1. The van der Waals surface area contributed by atoms with Crippen LogP contribution < -0.4 is 0 Å². The summed E-state index contributed by atoms with van der Waals surface area (Å²) in [6.45, 7) is 0. The van der Waals surface area contributed by atoms with Crippen molar-refractivity contribution in [2.75, 3.05) is 0 Å². The Kier molecular flexibility index (Phi) is 1.77. The minimum Gasteiger partial charge on any atom is -0.339 e. The number of nitrogens with zero attached hydrogens (tertiary/aromatic N) is 2. The monoisotopic (exact) mass is 218 g/mol. The van der Waals surface area contributed by atoms with E-state index < -0.39 is 0 Å². The summed E-state index contributed by atoms with van der Waals surface area (Å²) in [5, 5.41) is 4.21. The van der Waals surface area contributed by atoms with Crippen molar-refractivity contribution in [2.45, 2.75) is 63.2 Å². The van der Waals surface area contributed by atoms with E-state index >= 15 is 0 Å². The molecule has 1 spiro atoms. The molecule has 1 unspecified atom stereocenters. The van der Waals surface area contributed by atoms with Crippen LogP contribution in [-0.4, -0.2) is 10.1 Å². The van der Waals surface area contributed by atoms with Gasteiger partial charge in [-0.15, -0.1) is 0 Å². The van der Waals surface area contributed by atoms with Gasteiger partial charge in [-0.05, 0) is 37.5 Å². The standard InChI is InChI=1S/C13H18N2O/c1-2-4-9(5-3-1)11-14-12(16-15-11)10-8-13(10)6-7-13/h9-10H,1-8H2. The molecule has 1 heterocycles. The summed E-state index contributed by atoms with van der Waals surface area (Å²) in [6, 6.07) is 0. The summed E-state index contributed by atoms with van der Waals surface area (Å²) in [5.74, 6) is 3.15. The van der Waals surface area contributed by atoms with Crippen LogP contribution in [-0.2, 0) is 0 Å². The molecule has 3 aliphatic carbocycles. The topological polar surface area (TPSA) is 38.9 Å². The molecule has 16 heavy (non-hydrogen) atoms. The van der Waals surface area contributed by atoms with E-state index in [0.717, 1.165) is 11.7 Å². The van der Waals surface area contributed by atoms with Gasteiger partial charge in [0.1, 0.15) is 0 Å². The Balaban J connectivity index is 1.51. The molecule has 3 nitrogen and oxygen atoms in total. The number of aromatic nitrogens is 2. The van der Waals surface area contributed by atoms with Crippen LogP contribution >= 0.6 is 0 Å². The predicted molar refractivity (Wildman–Crippen MR) is 59.1 cm³/mol. The van der Waals surface area contributed by atoms with E-state index in [1.807, 2.05) is 0 Å². The lowest BCUT2D eigenvalue weighted by Gasteiger charge is -2.17. The molecule has 1 atom stereocenters. The van der Waals surface area contributed by atoms with Crippen molar-refractivity contribution in [1.29, 1.82) is 0 Å². The van der Waals surface area contributed by atoms with Crippen LogP contribution in [0, 0.1) is 5.41 Å². The van der Waals surface area contributed by atoms with Crippen LogP contribution in [0.15, 0.2) is 4.52 Å². The lowest BCUT2D eigenvalue weighted by atomic mass is 9.89. The summed E-state index contributed by atoms with van der Waals surface area (Å²) in [5.41, 5.74) is 0.635. The van der Waals surface area contributed by atoms with E-state index in [2.05, 4.69) is 10.1 Å². The highest BCUT2D eigenvalue weighted by molar-refractivity contribution is 5.24. The lowest BCUT2D eigenvalue weighted by Crippen LogP contribution is -2.06. The average molecular weight is 218 g/mol. The highest BCUT2D eigenvalue weighted by Gasteiger charge is 2.65. The van der Waals surface area contributed by atoms with Gasteiger partial charge >= 0.3 is 0 Å². The second kappa shape index (κ2) is 3.08. The van der Waals surface area contributed by atoms with Gasteiger partial charge in [0.2, 0.25) is 5.89 Å². The molecule has 0 amide bonds. The highest BCUT2D eigenvalue weighted by Crippen LogP contribution is 2.74. The molecular formula is C13H18N2O. The maximum atomic E-state index is 5.46. The van der Waals surface area contributed by atoms with Gasteiger partial charge in [-0.25, -0.2) is 0 Å². The zero-order chi connectivity index (χ0) is 10.6. The van der Waals surface area contributed by atoms with E-state index in [-0.39, 0.29) is 0 Å². The highest BCUT2D eigenvalue weighted by atomic mass is 16.5. The molecule has 0 N–H and O–H groups in total. The Hall–Kier alpha value is -0.860. The minimum absolute atomic E-state index is 0.583. The summed E-state index contributed by atoms with van der Waals surface area (Å²) < 4.78 is 5.46.